The van der Waals surface area contributed by atoms with Gasteiger partial charge >= 0.3 is 0 Å². The molecular formula is C22H16BrCl2NO4S. The predicted molar refractivity (Wildman–Crippen MR) is 128 cm³/mol. The van der Waals surface area contributed by atoms with Gasteiger partial charge < -0.3 is 9.47 Å². The van der Waals surface area contributed by atoms with E-state index in [0.29, 0.717) is 38.2 Å². The lowest BCUT2D eigenvalue weighted by atomic mass is 10.1. The van der Waals surface area contributed by atoms with Crippen molar-refractivity contribution in [1.82, 2.24) is 4.90 Å². The van der Waals surface area contributed by atoms with Crippen molar-refractivity contribution in [2.45, 2.75) is 13.5 Å². The second-order valence-electron chi connectivity index (χ2n) is 6.26. The molecule has 0 spiro atoms. The number of imide groups is 1. The minimum atomic E-state index is -0.419. The van der Waals surface area contributed by atoms with Crippen molar-refractivity contribution >= 4 is 68.1 Å². The van der Waals surface area contributed by atoms with Crippen molar-refractivity contribution in [3.63, 3.8) is 0 Å². The fraction of sp³-hybridized carbons (Fsp3) is 0.182. The third-order valence-corrected chi connectivity index (χ3v) is 6.48. The lowest BCUT2D eigenvalue weighted by Crippen LogP contribution is -2.28. The molecule has 0 radical (unpaired) electrons. The van der Waals surface area contributed by atoms with Crippen LogP contribution in [0.25, 0.3) is 6.08 Å². The van der Waals surface area contributed by atoms with Crippen molar-refractivity contribution in [3.05, 3.63) is 60.9 Å². The number of carbonyl (C=O) groups is 2. The van der Waals surface area contributed by atoms with Crippen LogP contribution < -0.4 is 9.47 Å². The number of hydrogen-bond acceptors (Lipinski definition) is 5. The Balaban J connectivity index is 1.86. The van der Waals surface area contributed by atoms with Crippen molar-refractivity contribution in [3.8, 4) is 23.8 Å². The number of terminal acetylenes is 1. The first-order valence-corrected chi connectivity index (χ1v) is 11.4. The minimum Gasteiger partial charge on any atom is -0.490 e. The van der Waals surface area contributed by atoms with Gasteiger partial charge in [0.1, 0.15) is 6.61 Å². The van der Waals surface area contributed by atoms with E-state index in [1.54, 1.807) is 30.3 Å². The van der Waals surface area contributed by atoms with Gasteiger partial charge in [-0.25, -0.2) is 0 Å². The molecule has 0 aliphatic carbocycles. The lowest BCUT2D eigenvalue weighted by molar-refractivity contribution is -0.122. The first kappa shape index (κ1) is 23.6. The Labute approximate surface area is 202 Å². The molecule has 1 saturated heterocycles. The van der Waals surface area contributed by atoms with Gasteiger partial charge in [0.15, 0.2) is 11.5 Å². The van der Waals surface area contributed by atoms with E-state index >= 15 is 0 Å². The Hall–Kier alpha value is -2.11. The van der Waals surface area contributed by atoms with E-state index in [1.807, 2.05) is 13.0 Å². The maximum absolute atomic E-state index is 12.4. The first-order chi connectivity index (χ1) is 14.8. The molecule has 0 saturated carbocycles. The number of halogens is 3. The molecule has 5 nitrogen and oxygen atoms in total. The Morgan fingerprint density at radius 3 is 2.58 bits per heavy atom. The molecule has 0 atom stereocenters. The molecule has 2 aromatic rings. The Bertz CT molecular complexity index is 1110. The first-order valence-electron chi connectivity index (χ1n) is 9.06. The number of thioether (sulfide) groups is 1. The summed E-state index contributed by atoms with van der Waals surface area (Å²) in [6.45, 7) is 2.47. The summed E-state index contributed by atoms with van der Waals surface area (Å²) in [6, 6.07) is 8.76. The fourth-order valence-corrected chi connectivity index (χ4v) is 4.29. The van der Waals surface area contributed by atoms with E-state index in [4.69, 9.17) is 39.1 Å². The third-order valence-electron chi connectivity index (χ3n) is 4.15. The second kappa shape index (κ2) is 10.5. The molecule has 1 fully saturated rings. The quantitative estimate of drug-likeness (QED) is 0.300. The zero-order valence-electron chi connectivity index (χ0n) is 16.3. The summed E-state index contributed by atoms with van der Waals surface area (Å²) in [5.41, 5.74) is 1.51. The smallest absolute Gasteiger partial charge is 0.294 e. The van der Waals surface area contributed by atoms with Crippen LogP contribution in [0.2, 0.25) is 10.0 Å². The van der Waals surface area contributed by atoms with E-state index in [-0.39, 0.29) is 18.1 Å². The summed E-state index contributed by atoms with van der Waals surface area (Å²) in [7, 11) is 0. The number of ether oxygens (including phenoxy) is 2. The number of nitrogens with zero attached hydrogens (tertiary/aromatic N) is 1. The van der Waals surface area contributed by atoms with Crippen molar-refractivity contribution < 1.29 is 19.1 Å². The topological polar surface area (TPSA) is 55.8 Å². The van der Waals surface area contributed by atoms with Crippen molar-refractivity contribution in [2.24, 2.45) is 0 Å². The van der Waals surface area contributed by atoms with Gasteiger partial charge in [-0.1, -0.05) is 51.1 Å². The Morgan fingerprint density at radius 2 is 1.90 bits per heavy atom. The van der Waals surface area contributed by atoms with Gasteiger partial charge in [0.2, 0.25) is 0 Å². The number of hydrogen-bond donors (Lipinski definition) is 0. The molecular weight excluding hydrogens is 525 g/mol. The van der Waals surface area contributed by atoms with Gasteiger partial charge in [0, 0.05) is 4.47 Å². The molecule has 160 valence electrons. The van der Waals surface area contributed by atoms with Crippen LogP contribution in [0.15, 0.2) is 39.7 Å². The van der Waals surface area contributed by atoms with Gasteiger partial charge in [-0.3, -0.25) is 14.5 Å². The fourth-order valence-electron chi connectivity index (χ4n) is 2.70. The molecule has 9 heteroatoms. The summed E-state index contributed by atoms with van der Waals surface area (Å²) in [4.78, 5) is 25.8. The standard InChI is InChI=1S/C22H16BrCl2NO4S/c1-3-7-26-21(27)20(31-22(26)28)10-14-9-18(29-4-2)19(11-15(14)23)30-12-13-5-6-16(24)17(25)8-13/h1,5-6,8-11H,4,7,12H2,2H3/b20-10+. The molecule has 31 heavy (non-hydrogen) atoms. The molecule has 1 heterocycles. The summed E-state index contributed by atoms with van der Waals surface area (Å²) in [5, 5.41) is 0.527. The van der Waals surface area contributed by atoms with Gasteiger partial charge in [-0.2, -0.15) is 0 Å². The predicted octanol–water partition coefficient (Wildman–Crippen LogP) is 6.40. The minimum absolute atomic E-state index is 0.0607. The molecule has 2 aromatic carbocycles. The molecule has 1 aliphatic heterocycles. The zero-order valence-corrected chi connectivity index (χ0v) is 20.2. The highest BCUT2D eigenvalue weighted by Gasteiger charge is 2.34. The molecule has 2 amide bonds. The lowest BCUT2D eigenvalue weighted by Gasteiger charge is -2.14. The average Bonchev–Trinajstić information content (AvgIpc) is 2.99. The SMILES string of the molecule is C#CCN1C(=O)S/C(=C/c2cc(OCC)c(OCc3ccc(Cl)c(Cl)c3)cc2Br)C1=O. The van der Waals surface area contributed by atoms with Gasteiger partial charge in [0.25, 0.3) is 11.1 Å². The van der Waals surface area contributed by atoms with Crippen molar-refractivity contribution in [2.75, 3.05) is 13.2 Å². The van der Waals surface area contributed by atoms with Gasteiger partial charge in [-0.15, -0.1) is 6.42 Å². The third kappa shape index (κ3) is 5.58. The Kier molecular flexibility index (Phi) is 7.95. The number of amides is 2. The molecule has 0 aromatic heterocycles. The monoisotopic (exact) mass is 539 g/mol. The van der Waals surface area contributed by atoms with E-state index in [9.17, 15) is 9.59 Å². The van der Waals surface area contributed by atoms with E-state index in [0.717, 1.165) is 22.2 Å². The van der Waals surface area contributed by atoms with E-state index in [2.05, 4.69) is 21.9 Å². The largest absolute Gasteiger partial charge is 0.490 e. The van der Waals surface area contributed by atoms with Crippen LogP contribution >= 0.6 is 50.9 Å². The Morgan fingerprint density at radius 1 is 1.16 bits per heavy atom. The van der Waals surface area contributed by atoms with Crippen LogP contribution in [-0.2, 0) is 11.4 Å². The highest BCUT2D eigenvalue weighted by molar-refractivity contribution is 9.10. The maximum Gasteiger partial charge on any atom is 0.294 e. The van der Waals surface area contributed by atoms with Crippen LogP contribution in [0.4, 0.5) is 4.79 Å². The highest BCUT2D eigenvalue weighted by atomic mass is 79.9. The molecule has 3 rings (SSSR count). The molecule has 0 unspecified atom stereocenters. The van der Waals surface area contributed by atoms with E-state index in [1.165, 1.54) is 0 Å². The summed E-state index contributed by atoms with van der Waals surface area (Å²) >= 11 is 16.4. The zero-order chi connectivity index (χ0) is 22.5. The highest BCUT2D eigenvalue weighted by Crippen LogP contribution is 2.38. The van der Waals surface area contributed by atoms with Crippen LogP contribution in [0.1, 0.15) is 18.1 Å². The van der Waals surface area contributed by atoms with Gasteiger partial charge in [0.05, 0.1) is 28.1 Å². The molecule has 0 bridgehead atoms. The summed E-state index contributed by atoms with van der Waals surface area (Å²) in [6.07, 6.45) is 6.86. The maximum atomic E-state index is 12.4. The summed E-state index contributed by atoms with van der Waals surface area (Å²) in [5.74, 6) is 2.91. The molecule has 0 N–H and O–H groups in total. The molecule has 1 aliphatic rings. The number of rotatable bonds is 7. The summed E-state index contributed by atoms with van der Waals surface area (Å²) < 4.78 is 12.3. The van der Waals surface area contributed by atoms with Crippen LogP contribution in [0.3, 0.4) is 0 Å². The van der Waals surface area contributed by atoms with Crippen LogP contribution in [0, 0.1) is 12.3 Å². The van der Waals surface area contributed by atoms with Crippen LogP contribution in [0.5, 0.6) is 11.5 Å². The van der Waals surface area contributed by atoms with E-state index < -0.39 is 11.1 Å². The average molecular weight is 541 g/mol. The van der Waals surface area contributed by atoms with Gasteiger partial charge in [-0.05, 0) is 60.2 Å². The van der Waals surface area contributed by atoms with Crippen molar-refractivity contribution in [1.29, 1.82) is 0 Å². The van der Waals surface area contributed by atoms with Crippen LogP contribution in [-0.4, -0.2) is 29.2 Å². The number of benzene rings is 2. The second-order valence-corrected chi connectivity index (χ2v) is 8.92. The normalized spacial score (nSPS) is 14.8. The number of carbonyl (C=O) groups excluding carboxylic acids is 2.